The summed E-state index contributed by atoms with van der Waals surface area (Å²) >= 11 is 1.60. The number of likely N-dealkylation sites (N-methyl/N-ethyl adjacent to an activating group) is 1. The Balaban J connectivity index is 1.22. The molecule has 8 nitrogen and oxygen atoms in total. The second kappa shape index (κ2) is 10.4. The second-order valence-electron chi connectivity index (χ2n) is 7.33. The highest BCUT2D eigenvalue weighted by atomic mass is 32.2. The van der Waals surface area contributed by atoms with E-state index < -0.39 is 0 Å². The van der Waals surface area contributed by atoms with Crippen LogP contribution < -0.4 is 14.8 Å². The van der Waals surface area contributed by atoms with Crippen LogP contribution in [0.3, 0.4) is 0 Å². The highest BCUT2D eigenvalue weighted by Crippen LogP contribution is 2.32. The number of fused-ring (bicyclic) bond motifs is 2. The first-order valence-corrected chi connectivity index (χ1v) is 11.7. The van der Waals surface area contributed by atoms with Crippen LogP contribution in [0.5, 0.6) is 11.5 Å². The minimum atomic E-state index is -0.242. The lowest BCUT2D eigenvalue weighted by Gasteiger charge is -2.21. The highest BCUT2D eigenvalue weighted by molar-refractivity contribution is 7.99. The summed E-state index contributed by atoms with van der Waals surface area (Å²) in [6.07, 6.45) is 1.10. The lowest BCUT2D eigenvalue weighted by atomic mass is 10.2. The third kappa shape index (κ3) is 5.53. The highest BCUT2D eigenvalue weighted by Gasteiger charge is 2.17. The van der Waals surface area contributed by atoms with Crippen LogP contribution in [0.25, 0.3) is 11.0 Å². The van der Waals surface area contributed by atoms with Crippen LogP contribution in [-0.4, -0.2) is 58.7 Å². The Morgan fingerprint density at radius 2 is 1.97 bits per heavy atom. The lowest BCUT2D eigenvalue weighted by molar-refractivity contribution is -0.134. The number of carbonyl (C=O) groups is 2. The maximum Gasteiger partial charge on any atom is 0.243 e. The predicted octanol–water partition coefficient (Wildman–Crippen LogP) is 3.69. The summed E-state index contributed by atoms with van der Waals surface area (Å²) in [5.41, 5.74) is 2.56. The number of imidazole rings is 1. The molecule has 1 aliphatic heterocycles. The van der Waals surface area contributed by atoms with Crippen LogP contribution in [-0.2, 0) is 9.59 Å². The molecule has 2 aromatic carbocycles. The van der Waals surface area contributed by atoms with E-state index in [4.69, 9.17) is 9.47 Å². The molecule has 0 spiro atoms. The quantitative estimate of drug-likeness (QED) is 0.378. The fraction of sp³-hybridized carbons (Fsp3) is 0.348. The number of aromatic amines is 1. The van der Waals surface area contributed by atoms with E-state index in [1.807, 2.05) is 31.2 Å². The maximum atomic E-state index is 12.6. The first kappa shape index (κ1) is 22.0. The summed E-state index contributed by atoms with van der Waals surface area (Å²) in [6, 6.07) is 13.2. The summed E-state index contributed by atoms with van der Waals surface area (Å²) in [6.45, 7) is 3.36. The fourth-order valence-corrected chi connectivity index (χ4v) is 4.25. The van der Waals surface area contributed by atoms with Crippen molar-refractivity contribution in [2.24, 2.45) is 0 Å². The van der Waals surface area contributed by atoms with E-state index in [0.717, 1.165) is 21.9 Å². The maximum absolute atomic E-state index is 12.6. The van der Waals surface area contributed by atoms with E-state index in [0.29, 0.717) is 49.8 Å². The zero-order chi connectivity index (χ0) is 22.3. The van der Waals surface area contributed by atoms with Crippen molar-refractivity contribution in [2.45, 2.75) is 24.9 Å². The van der Waals surface area contributed by atoms with Crippen LogP contribution in [0.2, 0.25) is 0 Å². The number of para-hydroxylation sites is 2. The molecule has 0 bridgehead atoms. The monoisotopic (exact) mass is 454 g/mol. The van der Waals surface area contributed by atoms with Gasteiger partial charge in [-0.05, 0) is 37.6 Å². The Bertz CT molecular complexity index is 1070. The molecule has 32 heavy (non-hydrogen) atoms. The standard InChI is InChI=1S/C23H26N4O4S/c1-2-27(15-21(28)24-16-9-10-19-20(14-16)31-12-11-30-19)22(29)8-5-13-32-23-25-17-6-3-4-7-18(17)26-23/h3-4,6-7,9-10,14H,2,5,8,11-13,15H2,1H3,(H,24,28)(H,25,26). The second-order valence-corrected chi connectivity index (χ2v) is 8.41. The van der Waals surface area contributed by atoms with E-state index in [9.17, 15) is 9.59 Å². The predicted molar refractivity (Wildman–Crippen MR) is 124 cm³/mol. The van der Waals surface area contributed by atoms with Gasteiger partial charge in [-0.25, -0.2) is 4.98 Å². The lowest BCUT2D eigenvalue weighted by Crippen LogP contribution is -2.37. The fourth-order valence-electron chi connectivity index (χ4n) is 3.42. The summed E-state index contributed by atoms with van der Waals surface area (Å²) in [5, 5.41) is 3.68. The van der Waals surface area contributed by atoms with Gasteiger partial charge in [-0.1, -0.05) is 23.9 Å². The molecule has 0 fully saturated rings. The number of benzene rings is 2. The smallest absolute Gasteiger partial charge is 0.243 e. The van der Waals surface area contributed by atoms with Crippen molar-refractivity contribution in [1.82, 2.24) is 14.9 Å². The van der Waals surface area contributed by atoms with Gasteiger partial charge in [0, 0.05) is 30.5 Å². The minimum absolute atomic E-state index is 0.0144. The SMILES string of the molecule is CCN(CC(=O)Nc1ccc2c(c1)OCCO2)C(=O)CCCSc1nc2ccccc2[nH]1. The van der Waals surface area contributed by atoms with E-state index in [-0.39, 0.29) is 18.4 Å². The van der Waals surface area contributed by atoms with Crippen LogP contribution >= 0.6 is 11.8 Å². The average Bonchev–Trinajstić information content (AvgIpc) is 3.23. The molecule has 0 saturated heterocycles. The van der Waals surface area contributed by atoms with Gasteiger partial charge in [-0.3, -0.25) is 9.59 Å². The minimum Gasteiger partial charge on any atom is -0.486 e. The number of nitrogens with zero attached hydrogens (tertiary/aromatic N) is 2. The van der Waals surface area contributed by atoms with Crippen LogP contribution in [0, 0.1) is 0 Å². The van der Waals surface area contributed by atoms with Gasteiger partial charge in [0.05, 0.1) is 17.6 Å². The topological polar surface area (TPSA) is 96.6 Å². The molecule has 0 aliphatic carbocycles. The van der Waals surface area contributed by atoms with E-state index >= 15 is 0 Å². The average molecular weight is 455 g/mol. The molecule has 3 aromatic rings. The Hall–Kier alpha value is -3.20. The number of hydrogen-bond donors (Lipinski definition) is 2. The molecule has 2 N–H and O–H groups in total. The number of hydrogen-bond acceptors (Lipinski definition) is 6. The van der Waals surface area contributed by atoms with E-state index in [2.05, 4.69) is 15.3 Å². The molecule has 1 aromatic heterocycles. The third-order valence-corrected chi connectivity index (χ3v) is 6.00. The van der Waals surface area contributed by atoms with Gasteiger partial charge in [0.1, 0.15) is 13.2 Å². The summed E-state index contributed by atoms with van der Waals surface area (Å²) in [5.74, 6) is 1.77. The number of anilines is 1. The van der Waals surface area contributed by atoms with Crippen molar-refractivity contribution in [1.29, 1.82) is 0 Å². The Morgan fingerprint density at radius 3 is 2.78 bits per heavy atom. The number of nitrogens with one attached hydrogen (secondary N) is 2. The molecule has 9 heteroatoms. The normalized spacial score (nSPS) is 12.5. The number of H-pyrrole nitrogens is 1. The zero-order valence-electron chi connectivity index (χ0n) is 17.9. The largest absolute Gasteiger partial charge is 0.486 e. The number of aromatic nitrogens is 2. The molecule has 0 unspecified atom stereocenters. The molecule has 0 saturated carbocycles. The zero-order valence-corrected chi connectivity index (χ0v) is 18.7. The van der Waals surface area contributed by atoms with Crippen molar-refractivity contribution in [2.75, 3.05) is 37.4 Å². The molecular weight excluding hydrogens is 428 g/mol. The van der Waals surface area contributed by atoms with Crippen LogP contribution in [0.1, 0.15) is 19.8 Å². The van der Waals surface area contributed by atoms with Crippen molar-refractivity contribution in [3.05, 3.63) is 42.5 Å². The van der Waals surface area contributed by atoms with Gasteiger partial charge in [0.2, 0.25) is 11.8 Å². The first-order valence-electron chi connectivity index (χ1n) is 10.7. The van der Waals surface area contributed by atoms with Gasteiger partial charge >= 0.3 is 0 Å². The Morgan fingerprint density at radius 1 is 1.16 bits per heavy atom. The first-order chi connectivity index (χ1) is 15.6. The molecular formula is C23H26N4O4S. The summed E-state index contributed by atoms with van der Waals surface area (Å²) in [7, 11) is 0. The van der Waals surface area contributed by atoms with Crippen LogP contribution in [0.4, 0.5) is 5.69 Å². The molecule has 0 radical (unpaired) electrons. The molecule has 4 rings (SSSR count). The summed E-state index contributed by atoms with van der Waals surface area (Å²) in [4.78, 5) is 34.4. The molecule has 1 aliphatic rings. The van der Waals surface area contributed by atoms with Crippen molar-refractivity contribution in [3.63, 3.8) is 0 Å². The van der Waals surface area contributed by atoms with Gasteiger partial charge in [0.15, 0.2) is 16.7 Å². The molecule has 2 heterocycles. The van der Waals surface area contributed by atoms with Crippen molar-refractivity contribution in [3.8, 4) is 11.5 Å². The van der Waals surface area contributed by atoms with Gasteiger partial charge in [-0.15, -0.1) is 0 Å². The molecule has 168 valence electrons. The number of ether oxygens (including phenoxy) is 2. The number of thioether (sulfide) groups is 1. The van der Waals surface area contributed by atoms with Crippen molar-refractivity contribution < 1.29 is 19.1 Å². The van der Waals surface area contributed by atoms with Gasteiger partial charge < -0.3 is 24.7 Å². The van der Waals surface area contributed by atoms with E-state index in [1.54, 1.807) is 34.9 Å². The van der Waals surface area contributed by atoms with Crippen LogP contribution in [0.15, 0.2) is 47.6 Å². The number of carbonyl (C=O) groups excluding carboxylic acids is 2. The third-order valence-electron chi connectivity index (χ3n) is 5.04. The Kier molecular flexibility index (Phi) is 7.16. The molecule has 2 amide bonds. The van der Waals surface area contributed by atoms with Crippen molar-refractivity contribution >= 4 is 40.3 Å². The number of amides is 2. The Labute approximate surface area is 190 Å². The van der Waals surface area contributed by atoms with Gasteiger partial charge in [-0.2, -0.15) is 0 Å². The van der Waals surface area contributed by atoms with E-state index in [1.165, 1.54) is 0 Å². The number of rotatable bonds is 9. The molecule has 0 atom stereocenters. The van der Waals surface area contributed by atoms with Gasteiger partial charge in [0.25, 0.3) is 0 Å². The summed E-state index contributed by atoms with van der Waals surface area (Å²) < 4.78 is 11.0.